The fraction of sp³-hybridized carbons (Fsp3) is 0.286. The first-order valence-electron chi connectivity index (χ1n) is 5.99. The molecule has 0 atom stereocenters. The van der Waals surface area contributed by atoms with E-state index in [1.54, 1.807) is 18.5 Å². The van der Waals surface area contributed by atoms with Crippen LogP contribution in [0.4, 0.5) is 0 Å². The van der Waals surface area contributed by atoms with E-state index in [2.05, 4.69) is 5.10 Å². The Morgan fingerprint density at radius 3 is 2.26 bits per heavy atom. The van der Waals surface area contributed by atoms with Gasteiger partial charge in [-0.25, -0.2) is 4.79 Å². The van der Waals surface area contributed by atoms with Gasteiger partial charge in [-0.3, -0.25) is 4.68 Å². The smallest absolute Gasteiger partial charge is 0.339 e. The average molecular weight is 260 g/mol. The van der Waals surface area contributed by atoms with Gasteiger partial charge in [0, 0.05) is 0 Å². The van der Waals surface area contributed by atoms with Gasteiger partial charge in [0.2, 0.25) is 0 Å². The van der Waals surface area contributed by atoms with Crippen LogP contribution < -0.4 is 0 Å². The van der Waals surface area contributed by atoms with Crippen molar-refractivity contribution < 1.29 is 15.0 Å². The van der Waals surface area contributed by atoms with E-state index in [1.165, 1.54) is 0 Å². The number of hydrogen-bond acceptors (Lipinski definition) is 3. The number of carboxylic acid groups (broad SMARTS) is 1. The van der Waals surface area contributed by atoms with E-state index in [4.69, 9.17) is 10.2 Å². The maximum Gasteiger partial charge on any atom is 0.339 e. The summed E-state index contributed by atoms with van der Waals surface area (Å²) >= 11 is 0. The van der Waals surface area contributed by atoms with Crippen molar-refractivity contribution in [2.75, 3.05) is 0 Å². The van der Waals surface area contributed by atoms with E-state index >= 15 is 0 Å². The molecule has 0 amide bonds. The van der Waals surface area contributed by atoms with Gasteiger partial charge in [0.05, 0.1) is 24.5 Å². The summed E-state index contributed by atoms with van der Waals surface area (Å²) in [6, 6.07) is 7.50. The van der Waals surface area contributed by atoms with Crippen LogP contribution in [-0.4, -0.2) is 26.0 Å². The minimum atomic E-state index is -0.947. The van der Waals surface area contributed by atoms with E-state index in [0.29, 0.717) is 17.9 Å². The fourth-order valence-corrected chi connectivity index (χ4v) is 2.08. The van der Waals surface area contributed by atoms with Crippen LogP contribution >= 0.6 is 0 Å². The Bertz CT molecular complexity index is 600. The van der Waals surface area contributed by atoms with Crippen molar-refractivity contribution in [2.24, 2.45) is 0 Å². The minimum absolute atomic E-state index is 0.0172. The highest BCUT2D eigenvalue weighted by Gasteiger charge is 2.17. The Labute approximate surface area is 111 Å². The summed E-state index contributed by atoms with van der Waals surface area (Å²) in [6.45, 7) is 3.99. The third kappa shape index (κ3) is 2.66. The second kappa shape index (κ2) is 5.24. The molecule has 2 rings (SSSR count). The van der Waals surface area contributed by atoms with E-state index < -0.39 is 5.97 Å². The molecule has 2 aromatic rings. The maximum absolute atomic E-state index is 11.1. The van der Waals surface area contributed by atoms with Crippen molar-refractivity contribution >= 4 is 5.97 Å². The molecule has 0 saturated carbocycles. The summed E-state index contributed by atoms with van der Waals surface area (Å²) < 4.78 is 1.69. The molecule has 0 radical (unpaired) electrons. The molecule has 5 nitrogen and oxygen atoms in total. The molecule has 0 spiro atoms. The van der Waals surface area contributed by atoms with Crippen LogP contribution in [0.1, 0.15) is 32.9 Å². The van der Waals surface area contributed by atoms with Gasteiger partial charge in [-0.2, -0.15) is 5.10 Å². The molecule has 0 aliphatic heterocycles. The summed E-state index contributed by atoms with van der Waals surface area (Å²) in [5, 5.41) is 22.3. The Kier molecular flexibility index (Phi) is 3.66. The Balaban J connectivity index is 2.28. The first-order valence-corrected chi connectivity index (χ1v) is 5.99. The normalized spacial score (nSPS) is 10.7. The number of aryl methyl sites for hydroxylation is 1. The van der Waals surface area contributed by atoms with E-state index in [1.807, 2.05) is 24.3 Å². The zero-order valence-electron chi connectivity index (χ0n) is 10.9. The molecular formula is C14H16N2O3. The lowest BCUT2D eigenvalue weighted by molar-refractivity contribution is 0.0695. The number of hydrogen-bond donors (Lipinski definition) is 2. The summed E-state index contributed by atoms with van der Waals surface area (Å²) in [4.78, 5) is 11.1. The molecule has 0 aliphatic rings. The molecular weight excluding hydrogens is 244 g/mol. The molecule has 1 aromatic carbocycles. The zero-order chi connectivity index (χ0) is 14.0. The molecule has 0 saturated heterocycles. The number of nitrogens with zero attached hydrogens (tertiary/aromatic N) is 2. The molecule has 5 heteroatoms. The van der Waals surface area contributed by atoms with Crippen molar-refractivity contribution in [3.8, 4) is 0 Å². The fourth-order valence-electron chi connectivity index (χ4n) is 2.08. The lowest BCUT2D eigenvalue weighted by Crippen LogP contribution is -2.06. The van der Waals surface area contributed by atoms with Crippen molar-refractivity contribution in [3.63, 3.8) is 0 Å². The Morgan fingerprint density at radius 1 is 1.21 bits per heavy atom. The van der Waals surface area contributed by atoms with Gasteiger partial charge in [-0.05, 0) is 25.0 Å². The first kappa shape index (κ1) is 13.3. The minimum Gasteiger partial charge on any atom is -0.478 e. The summed E-state index contributed by atoms with van der Waals surface area (Å²) in [6.07, 6.45) is 0. The second-order valence-corrected chi connectivity index (χ2v) is 4.48. The SMILES string of the molecule is Cc1nn(Cc2ccc(CO)cc2)c(C)c1C(=O)O. The number of rotatable bonds is 4. The number of carboxylic acids is 1. The summed E-state index contributed by atoms with van der Waals surface area (Å²) in [7, 11) is 0. The third-order valence-corrected chi connectivity index (χ3v) is 3.13. The molecule has 100 valence electrons. The average Bonchev–Trinajstić information content (AvgIpc) is 2.65. The van der Waals surface area contributed by atoms with Crippen LogP contribution in [0.15, 0.2) is 24.3 Å². The Morgan fingerprint density at radius 2 is 1.79 bits per heavy atom. The number of aromatic carboxylic acids is 1. The van der Waals surface area contributed by atoms with Crippen LogP contribution in [0.3, 0.4) is 0 Å². The number of carbonyl (C=O) groups is 1. The van der Waals surface area contributed by atoms with Gasteiger partial charge < -0.3 is 10.2 Å². The van der Waals surface area contributed by atoms with Crippen molar-refractivity contribution in [2.45, 2.75) is 27.0 Å². The van der Waals surface area contributed by atoms with Gasteiger partial charge in [0.15, 0.2) is 0 Å². The van der Waals surface area contributed by atoms with Crippen LogP contribution in [0, 0.1) is 13.8 Å². The number of benzene rings is 1. The van der Waals surface area contributed by atoms with E-state index in [9.17, 15) is 4.79 Å². The highest BCUT2D eigenvalue weighted by molar-refractivity contribution is 5.90. The van der Waals surface area contributed by atoms with Crippen LogP contribution in [0.5, 0.6) is 0 Å². The molecule has 0 unspecified atom stereocenters. The molecule has 1 aromatic heterocycles. The molecule has 0 bridgehead atoms. The highest BCUT2D eigenvalue weighted by Crippen LogP contribution is 2.15. The van der Waals surface area contributed by atoms with Crippen LogP contribution in [-0.2, 0) is 13.2 Å². The number of aromatic nitrogens is 2. The zero-order valence-corrected chi connectivity index (χ0v) is 10.9. The quantitative estimate of drug-likeness (QED) is 0.878. The van der Waals surface area contributed by atoms with Crippen molar-refractivity contribution in [1.82, 2.24) is 9.78 Å². The predicted molar refractivity (Wildman–Crippen MR) is 70.1 cm³/mol. The molecule has 19 heavy (non-hydrogen) atoms. The molecule has 1 heterocycles. The summed E-state index contributed by atoms with van der Waals surface area (Å²) in [5.74, 6) is -0.947. The van der Waals surface area contributed by atoms with Crippen molar-refractivity contribution in [1.29, 1.82) is 0 Å². The van der Waals surface area contributed by atoms with Gasteiger partial charge in [-0.1, -0.05) is 24.3 Å². The second-order valence-electron chi connectivity index (χ2n) is 4.48. The van der Waals surface area contributed by atoms with Gasteiger partial charge in [0.1, 0.15) is 5.56 Å². The van der Waals surface area contributed by atoms with Gasteiger partial charge in [0.25, 0.3) is 0 Å². The standard InChI is InChI=1S/C14H16N2O3/c1-9-13(14(18)19)10(2)16(15-9)7-11-3-5-12(8-17)6-4-11/h3-6,17H,7-8H2,1-2H3,(H,18,19). The highest BCUT2D eigenvalue weighted by atomic mass is 16.4. The van der Waals surface area contributed by atoms with Crippen molar-refractivity contribution in [3.05, 3.63) is 52.3 Å². The predicted octanol–water partition coefficient (Wildman–Crippen LogP) is 1.74. The van der Waals surface area contributed by atoms with Gasteiger partial charge in [-0.15, -0.1) is 0 Å². The topological polar surface area (TPSA) is 75.3 Å². The lowest BCUT2D eigenvalue weighted by atomic mass is 10.1. The molecule has 2 N–H and O–H groups in total. The Hall–Kier alpha value is -2.14. The largest absolute Gasteiger partial charge is 0.478 e. The van der Waals surface area contributed by atoms with E-state index in [0.717, 1.165) is 11.1 Å². The molecule has 0 aliphatic carbocycles. The monoisotopic (exact) mass is 260 g/mol. The maximum atomic E-state index is 11.1. The van der Waals surface area contributed by atoms with Crippen LogP contribution in [0.2, 0.25) is 0 Å². The summed E-state index contributed by atoms with van der Waals surface area (Å²) in [5.41, 5.74) is 3.31. The van der Waals surface area contributed by atoms with E-state index in [-0.39, 0.29) is 12.2 Å². The van der Waals surface area contributed by atoms with Gasteiger partial charge >= 0.3 is 5.97 Å². The molecule has 0 fully saturated rings. The third-order valence-electron chi connectivity index (χ3n) is 3.13. The number of aliphatic hydroxyl groups is 1. The number of aliphatic hydroxyl groups excluding tert-OH is 1. The first-order chi connectivity index (χ1) is 9.02. The lowest BCUT2D eigenvalue weighted by Gasteiger charge is -2.05. The van der Waals surface area contributed by atoms with Crippen LogP contribution in [0.25, 0.3) is 0 Å².